The van der Waals surface area contributed by atoms with Gasteiger partial charge in [-0.05, 0) is 37.5 Å². The summed E-state index contributed by atoms with van der Waals surface area (Å²) in [7, 11) is -3.82. The second kappa shape index (κ2) is 10.4. The van der Waals surface area contributed by atoms with Crippen molar-refractivity contribution in [3.8, 4) is 0 Å². The molecule has 10 nitrogen and oxygen atoms in total. The number of nitrogens with one attached hydrogen (secondary N) is 2. The van der Waals surface area contributed by atoms with E-state index >= 15 is 0 Å². The Labute approximate surface area is 193 Å². The highest BCUT2D eigenvalue weighted by molar-refractivity contribution is 7.89. The first-order valence-electron chi connectivity index (χ1n) is 11.1. The number of aromatic nitrogens is 2. The minimum absolute atomic E-state index is 0.00824. The molecule has 1 aliphatic rings. The van der Waals surface area contributed by atoms with E-state index in [2.05, 4.69) is 20.8 Å². The van der Waals surface area contributed by atoms with Gasteiger partial charge in [0.2, 0.25) is 27.7 Å². The van der Waals surface area contributed by atoms with Crippen molar-refractivity contribution in [2.45, 2.75) is 81.7 Å². The fourth-order valence-electron chi connectivity index (χ4n) is 4.20. The number of amides is 2. The van der Waals surface area contributed by atoms with Gasteiger partial charge in [-0.15, -0.1) is 0 Å². The molecule has 1 unspecified atom stereocenters. The summed E-state index contributed by atoms with van der Waals surface area (Å²) in [5.74, 6) is 0.415. The quantitative estimate of drug-likeness (QED) is 0.492. The molecular formula is C22H31N5O5S. The number of benzene rings is 1. The molecule has 33 heavy (non-hydrogen) atoms. The topological polar surface area (TPSA) is 157 Å². The molecule has 0 aliphatic heterocycles. The van der Waals surface area contributed by atoms with Gasteiger partial charge in [-0.25, -0.2) is 13.6 Å². The third-order valence-electron chi connectivity index (χ3n) is 5.90. The zero-order valence-corrected chi connectivity index (χ0v) is 19.8. The first-order valence-corrected chi connectivity index (χ1v) is 12.7. The first-order chi connectivity index (χ1) is 15.6. The van der Waals surface area contributed by atoms with Crippen LogP contribution in [0.4, 0.5) is 0 Å². The number of sulfonamides is 1. The second-order valence-electron chi connectivity index (χ2n) is 8.60. The van der Waals surface area contributed by atoms with Gasteiger partial charge in [0.15, 0.2) is 5.82 Å². The van der Waals surface area contributed by atoms with Crippen LogP contribution in [0.15, 0.2) is 33.7 Å². The number of hydrogen-bond acceptors (Lipinski definition) is 7. The fraction of sp³-hybridized carbons (Fsp3) is 0.545. The van der Waals surface area contributed by atoms with Gasteiger partial charge in [0, 0.05) is 19.8 Å². The van der Waals surface area contributed by atoms with E-state index in [1.54, 1.807) is 19.1 Å². The summed E-state index contributed by atoms with van der Waals surface area (Å²) in [6.07, 6.45) is 6.01. The molecule has 180 valence electrons. The van der Waals surface area contributed by atoms with Crippen LogP contribution in [0.3, 0.4) is 0 Å². The number of carbonyl (C=O) groups excluding carboxylic acids is 2. The Bertz CT molecular complexity index is 1090. The normalized spacial score (nSPS) is 17.1. The predicted octanol–water partition coefficient (Wildman–Crippen LogP) is 2.21. The summed E-state index contributed by atoms with van der Waals surface area (Å²) in [5.41, 5.74) is -0.00424. The number of hydrogen-bond donors (Lipinski definition) is 3. The van der Waals surface area contributed by atoms with E-state index < -0.39 is 21.6 Å². The van der Waals surface area contributed by atoms with Gasteiger partial charge in [-0.1, -0.05) is 43.0 Å². The highest BCUT2D eigenvalue weighted by Gasteiger charge is 2.38. The van der Waals surface area contributed by atoms with E-state index in [9.17, 15) is 18.0 Å². The molecule has 3 rings (SSSR count). The maximum Gasteiger partial charge on any atom is 0.238 e. The lowest BCUT2D eigenvalue weighted by molar-refractivity contribution is -0.122. The van der Waals surface area contributed by atoms with Crippen LogP contribution in [0.1, 0.15) is 82.1 Å². The Kier molecular flexibility index (Phi) is 7.85. The minimum Gasteiger partial charge on any atom is -0.350 e. The molecule has 0 bridgehead atoms. The zero-order valence-electron chi connectivity index (χ0n) is 19.0. The van der Waals surface area contributed by atoms with E-state index in [1.165, 1.54) is 19.1 Å². The lowest BCUT2D eigenvalue weighted by Crippen LogP contribution is -2.45. The Morgan fingerprint density at radius 2 is 1.91 bits per heavy atom. The SMILES string of the molecule is CC(=O)NC1(c2noc(CCC(=O)NC(C)c3cccc(S(N)(=O)=O)c3)n2)CCCCCC1. The number of primary sulfonamides is 1. The maximum absolute atomic E-state index is 12.4. The average molecular weight is 478 g/mol. The molecule has 0 spiro atoms. The molecule has 1 saturated carbocycles. The Hall–Kier alpha value is -2.79. The van der Waals surface area contributed by atoms with E-state index in [1.807, 2.05) is 0 Å². The van der Waals surface area contributed by atoms with Gasteiger partial charge in [0.25, 0.3) is 0 Å². The van der Waals surface area contributed by atoms with Gasteiger partial charge >= 0.3 is 0 Å². The summed E-state index contributed by atoms with van der Waals surface area (Å²) >= 11 is 0. The number of carbonyl (C=O) groups is 2. The number of aryl methyl sites for hydroxylation is 1. The fourth-order valence-corrected chi connectivity index (χ4v) is 4.77. The summed E-state index contributed by atoms with van der Waals surface area (Å²) in [4.78, 5) is 28.8. The van der Waals surface area contributed by atoms with Crippen molar-refractivity contribution in [3.63, 3.8) is 0 Å². The number of nitrogens with zero attached hydrogens (tertiary/aromatic N) is 2. The molecular weight excluding hydrogens is 446 g/mol. The Balaban J connectivity index is 1.61. The molecule has 1 aliphatic carbocycles. The maximum atomic E-state index is 12.4. The Morgan fingerprint density at radius 3 is 2.55 bits per heavy atom. The van der Waals surface area contributed by atoms with Gasteiger partial charge in [0.05, 0.1) is 10.9 Å². The van der Waals surface area contributed by atoms with Crippen LogP contribution in [0.25, 0.3) is 0 Å². The van der Waals surface area contributed by atoms with E-state index in [-0.39, 0.29) is 29.6 Å². The van der Waals surface area contributed by atoms with Crippen molar-refractivity contribution in [1.29, 1.82) is 0 Å². The van der Waals surface area contributed by atoms with Crippen LogP contribution in [-0.2, 0) is 31.6 Å². The lowest BCUT2D eigenvalue weighted by Gasteiger charge is -2.30. The van der Waals surface area contributed by atoms with E-state index in [0.29, 0.717) is 17.3 Å². The molecule has 1 aromatic carbocycles. The van der Waals surface area contributed by atoms with Crippen LogP contribution in [0.2, 0.25) is 0 Å². The zero-order chi connectivity index (χ0) is 24.1. The molecule has 0 saturated heterocycles. The van der Waals surface area contributed by atoms with Crippen LogP contribution in [0.5, 0.6) is 0 Å². The predicted molar refractivity (Wildman–Crippen MR) is 120 cm³/mol. The van der Waals surface area contributed by atoms with Crippen molar-refractivity contribution < 1.29 is 22.5 Å². The largest absolute Gasteiger partial charge is 0.350 e. The monoisotopic (exact) mass is 477 g/mol. The van der Waals surface area contributed by atoms with Crippen LogP contribution < -0.4 is 15.8 Å². The molecule has 0 radical (unpaired) electrons. The van der Waals surface area contributed by atoms with Gasteiger partial charge < -0.3 is 15.2 Å². The van der Waals surface area contributed by atoms with Crippen molar-refractivity contribution in [1.82, 2.24) is 20.8 Å². The van der Waals surface area contributed by atoms with Crippen LogP contribution in [0, 0.1) is 0 Å². The average Bonchev–Trinajstić information content (AvgIpc) is 3.11. The summed E-state index contributed by atoms with van der Waals surface area (Å²) in [6.45, 7) is 3.24. The summed E-state index contributed by atoms with van der Waals surface area (Å²) < 4.78 is 28.5. The van der Waals surface area contributed by atoms with Crippen molar-refractivity contribution in [3.05, 3.63) is 41.5 Å². The highest BCUT2D eigenvalue weighted by Crippen LogP contribution is 2.34. The molecule has 11 heteroatoms. The Morgan fingerprint density at radius 1 is 1.21 bits per heavy atom. The molecule has 1 heterocycles. The van der Waals surface area contributed by atoms with Crippen LogP contribution >= 0.6 is 0 Å². The minimum atomic E-state index is -3.82. The smallest absolute Gasteiger partial charge is 0.238 e. The van der Waals surface area contributed by atoms with E-state index in [0.717, 1.165) is 38.5 Å². The van der Waals surface area contributed by atoms with Gasteiger partial charge in [-0.2, -0.15) is 4.98 Å². The molecule has 2 aromatic rings. The van der Waals surface area contributed by atoms with Crippen molar-refractivity contribution in [2.75, 3.05) is 0 Å². The third-order valence-corrected chi connectivity index (χ3v) is 6.81. The standard InChI is InChI=1S/C22H31N5O5S/c1-15(17-8-7-9-18(14-17)33(23,30)31)24-19(29)10-11-20-25-21(27-32-20)22(26-16(2)28)12-5-3-4-6-13-22/h7-9,14-15H,3-6,10-13H2,1-2H3,(H,24,29)(H,26,28)(H2,23,30,31). The molecule has 4 N–H and O–H groups in total. The van der Waals surface area contributed by atoms with Gasteiger partial charge in [0.1, 0.15) is 5.54 Å². The highest BCUT2D eigenvalue weighted by atomic mass is 32.2. The number of nitrogens with two attached hydrogens (primary N) is 1. The molecule has 1 atom stereocenters. The molecule has 1 fully saturated rings. The lowest BCUT2D eigenvalue weighted by atomic mass is 9.89. The molecule has 1 aromatic heterocycles. The third kappa shape index (κ3) is 6.61. The summed E-state index contributed by atoms with van der Waals surface area (Å²) in [6, 6.07) is 5.74. The van der Waals surface area contributed by atoms with Crippen molar-refractivity contribution >= 4 is 21.8 Å². The summed E-state index contributed by atoms with van der Waals surface area (Å²) in [5, 5.41) is 15.2. The van der Waals surface area contributed by atoms with Crippen molar-refractivity contribution in [2.24, 2.45) is 5.14 Å². The molecule has 2 amide bonds. The number of rotatable bonds is 8. The first kappa shape index (κ1) is 24.8. The second-order valence-corrected chi connectivity index (χ2v) is 10.2. The van der Waals surface area contributed by atoms with E-state index in [4.69, 9.17) is 9.66 Å². The van der Waals surface area contributed by atoms with Crippen LogP contribution in [-0.4, -0.2) is 30.4 Å². The van der Waals surface area contributed by atoms with Gasteiger partial charge in [-0.3, -0.25) is 9.59 Å².